The molecule has 3 heteroatoms. The molecule has 0 saturated heterocycles. The van der Waals surface area contributed by atoms with E-state index in [-0.39, 0.29) is 13.6 Å². The van der Waals surface area contributed by atoms with Crippen molar-refractivity contribution in [1.29, 1.82) is 0 Å². The molecule has 1 N–H and O–H groups in total. The highest BCUT2D eigenvalue weighted by atomic mass is 16.6. The highest BCUT2D eigenvalue weighted by Gasteiger charge is 2.34. The summed E-state index contributed by atoms with van der Waals surface area (Å²) in [6.07, 6.45) is 2.98. The molecule has 0 aromatic heterocycles. The van der Waals surface area contributed by atoms with Gasteiger partial charge in [-0.05, 0) is 51.4 Å². The molecule has 0 bridgehead atoms. The van der Waals surface area contributed by atoms with E-state index in [2.05, 4.69) is 26.1 Å². The molecule has 1 saturated carbocycles. The first-order chi connectivity index (χ1) is 7.60. The molecule has 1 fully saturated rings. The third kappa shape index (κ3) is 4.57. The first kappa shape index (κ1) is 14.3. The fourth-order valence-electron chi connectivity index (χ4n) is 2.26. The summed E-state index contributed by atoms with van der Waals surface area (Å²) in [7, 11) is 0. The monoisotopic (exact) mass is 243 g/mol. The average Bonchev–Trinajstić information content (AvgIpc) is 2.08. The van der Waals surface area contributed by atoms with E-state index in [1.165, 1.54) is 0 Å². The van der Waals surface area contributed by atoms with Crippen molar-refractivity contribution in [3.8, 4) is 0 Å². The molecule has 1 unspecified atom stereocenters. The Hall–Kier alpha value is -0.730. The lowest BCUT2D eigenvalue weighted by Gasteiger charge is -2.40. The number of alkyl carbamates (subject to hydrolysis) is 1. The van der Waals surface area contributed by atoms with Gasteiger partial charge >= 0.3 is 6.09 Å². The van der Waals surface area contributed by atoms with Gasteiger partial charge < -0.3 is 10.1 Å². The number of hydrogen-bond acceptors (Lipinski definition) is 2. The molecule has 0 aromatic carbocycles. The van der Waals surface area contributed by atoms with Crippen LogP contribution >= 0.6 is 0 Å². The molecule has 1 aliphatic rings. The summed E-state index contributed by atoms with van der Waals surface area (Å²) in [6, 6.07) is 0.271. The van der Waals surface area contributed by atoms with Crippen molar-refractivity contribution in [1.82, 2.24) is 5.32 Å². The highest BCUT2D eigenvalue weighted by molar-refractivity contribution is 5.68. The molecule has 3 nitrogen and oxygen atoms in total. The minimum atomic E-state index is -0.413. The molecule has 1 rings (SSSR count). The van der Waals surface area contributed by atoms with Crippen LogP contribution in [0.2, 0.25) is 0 Å². The van der Waals surface area contributed by atoms with Crippen LogP contribution in [-0.4, -0.2) is 17.7 Å². The lowest BCUT2D eigenvalue weighted by Crippen LogP contribution is -2.44. The Morgan fingerprint density at radius 2 is 2.00 bits per heavy atom. The van der Waals surface area contributed by atoms with Gasteiger partial charge in [0.05, 0.1) is 0 Å². The largest absolute Gasteiger partial charge is 0.444 e. The second-order valence-electron chi connectivity index (χ2n) is 7.01. The van der Waals surface area contributed by atoms with Gasteiger partial charge in [-0.25, -0.2) is 4.79 Å². The van der Waals surface area contributed by atoms with E-state index < -0.39 is 5.60 Å². The van der Waals surface area contributed by atoms with Crippen LogP contribution < -0.4 is 5.32 Å². The Morgan fingerprint density at radius 3 is 2.47 bits per heavy atom. The van der Waals surface area contributed by atoms with Crippen LogP contribution in [-0.2, 0) is 4.74 Å². The van der Waals surface area contributed by atoms with Crippen LogP contribution in [0.25, 0.3) is 0 Å². The van der Waals surface area contributed by atoms with Gasteiger partial charge in [-0.1, -0.05) is 20.8 Å². The van der Waals surface area contributed by atoms with Crippen LogP contribution in [0.1, 0.15) is 62.2 Å². The van der Waals surface area contributed by atoms with Gasteiger partial charge in [-0.3, -0.25) is 0 Å². The summed E-state index contributed by atoms with van der Waals surface area (Å²) in [5.74, 6) is 0.635. The smallest absolute Gasteiger partial charge is 0.407 e. The van der Waals surface area contributed by atoms with E-state index in [0.717, 1.165) is 19.3 Å². The normalized spacial score (nSPS) is 28.6. The minimum absolute atomic E-state index is 0. The standard InChI is InChI=1S/C14H27NO2.H2/c1-10-9-11(7-8-14(10,5)6)15-12(16)17-13(2,3)4;/h10-11H,7-9H2,1-6H3,(H,15,16);1H/t10-,11?;/m1./s1. The Bertz CT molecular complexity index is 284. The number of carbonyl (C=O) groups is 1. The van der Waals surface area contributed by atoms with E-state index in [1.807, 2.05) is 20.8 Å². The summed E-state index contributed by atoms with van der Waals surface area (Å²) in [6.45, 7) is 12.5. The zero-order chi connectivity index (χ0) is 13.3. The molecule has 0 spiro atoms. The van der Waals surface area contributed by atoms with Crippen LogP contribution in [0.5, 0.6) is 0 Å². The molecule has 0 aliphatic heterocycles. The molecule has 0 heterocycles. The molecule has 0 aromatic rings. The van der Waals surface area contributed by atoms with Gasteiger partial charge in [-0.2, -0.15) is 0 Å². The van der Waals surface area contributed by atoms with Gasteiger partial charge in [0.15, 0.2) is 0 Å². The van der Waals surface area contributed by atoms with Crippen molar-refractivity contribution in [2.24, 2.45) is 11.3 Å². The summed E-state index contributed by atoms with van der Waals surface area (Å²) >= 11 is 0. The SMILES string of the molecule is C[C@@H]1CC(NC(=O)OC(C)(C)C)CCC1(C)C.[HH]. The molecule has 1 amide bonds. The number of amides is 1. The van der Waals surface area contributed by atoms with Gasteiger partial charge in [0.2, 0.25) is 0 Å². The summed E-state index contributed by atoms with van der Waals surface area (Å²) in [4.78, 5) is 11.7. The fourth-order valence-corrected chi connectivity index (χ4v) is 2.26. The molecular formula is C14H29NO2. The van der Waals surface area contributed by atoms with E-state index in [9.17, 15) is 4.79 Å². The first-order valence-corrected chi connectivity index (χ1v) is 6.60. The topological polar surface area (TPSA) is 38.3 Å². The van der Waals surface area contributed by atoms with Crippen molar-refractivity contribution in [3.63, 3.8) is 0 Å². The fraction of sp³-hybridized carbons (Fsp3) is 0.929. The van der Waals surface area contributed by atoms with E-state index in [4.69, 9.17) is 4.74 Å². The van der Waals surface area contributed by atoms with Crippen molar-refractivity contribution in [3.05, 3.63) is 0 Å². The van der Waals surface area contributed by atoms with Crippen LogP contribution in [0, 0.1) is 11.3 Å². The van der Waals surface area contributed by atoms with Gasteiger partial charge in [0.1, 0.15) is 5.60 Å². The van der Waals surface area contributed by atoms with Gasteiger partial charge in [-0.15, -0.1) is 0 Å². The van der Waals surface area contributed by atoms with Crippen molar-refractivity contribution < 1.29 is 11.0 Å². The predicted octanol–water partition coefficient (Wildman–Crippen LogP) is 3.97. The van der Waals surface area contributed by atoms with Crippen molar-refractivity contribution in [2.45, 2.75) is 72.4 Å². The lowest BCUT2D eigenvalue weighted by atomic mass is 9.68. The Morgan fingerprint density at radius 1 is 1.41 bits per heavy atom. The van der Waals surface area contributed by atoms with Crippen LogP contribution in [0.15, 0.2) is 0 Å². The number of nitrogens with one attached hydrogen (secondary N) is 1. The molecule has 0 radical (unpaired) electrons. The Labute approximate surface area is 107 Å². The van der Waals surface area contributed by atoms with Crippen molar-refractivity contribution in [2.75, 3.05) is 0 Å². The molecule has 102 valence electrons. The molecule has 17 heavy (non-hydrogen) atoms. The first-order valence-electron chi connectivity index (χ1n) is 6.60. The third-order valence-corrected chi connectivity index (χ3v) is 3.83. The molecule has 2 atom stereocenters. The van der Waals surface area contributed by atoms with E-state index >= 15 is 0 Å². The van der Waals surface area contributed by atoms with E-state index in [0.29, 0.717) is 11.3 Å². The second kappa shape index (κ2) is 4.87. The molecule has 1 aliphatic carbocycles. The van der Waals surface area contributed by atoms with Crippen molar-refractivity contribution >= 4 is 6.09 Å². The number of hydrogen-bond donors (Lipinski definition) is 1. The third-order valence-electron chi connectivity index (χ3n) is 3.83. The van der Waals surface area contributed by atoms with Gasteiger partial charge in [0, 0.05) is 7.47 Å². The highest BCUT2D eigenvalue weighted by Crippen LogP contribution is 2.40. The van der Waals surface area contributed by atoms with Gasteiger partial charge in [0.25, 0.3) is 0 Å². The maximum absolute atomic E-state index is 11.7. The summed E-state index contributed by atoms with van der Waals surface area (Å²) in [5.41, 5.74) is -0.0181. The Kier molecular flexibility index (Phi) is 4.11. The van der Waals surface area contributed by atoms with Crippen LogP contribution in [0.4, 0.5) is 4.79 Å². The number of carbonyl (C=O) groups excluding carboxylic acids is 1. The predicted molar refractivity (Wildman–Crippen MR) is 72.1 cm³/mol. The van der Waals surface area contributed by atoms with E-state index in [1.54, 1.807) is 0 Å². The maximum atomic E-state index is 11.7. The zero-order valence-electron chi connectivity index (χ0n) is 12.1. The molecular weight excluding hydrogens is 214 g/mol. The number of ether oxygens (including phenoxy) is 1. The maximum Gasteiger partial charge on any atom is 0.407 e. The summed E-state index contributed by atoms with van der Waals surface area (Å²) < 4.78 is 5.28. The lowest BCUT2D eigenvalue weighted by molar-refractivity contribution is 0.0443. The Balaban J connectivity index is 0.00000289. The summed E-state index contributed by atoms with van der Waals surface area (Å²) in [5, 5.41) is 2.98. The average molecular weight is 243 g/mol. The minimum Gasteiger partial charge on any atom is -0.444 e. The quantitative estimate of drug-likeness (QED) is 0.756. The zero-order valence-corrected chi connectivity index (χ0v) is 12.1. The van der Waals surface area contributed by atoms with Crippen LogP contribution in [0.3, 0.4) is 0 Å². The number of rotatable bonds is 1. The second-order valence-corrected chi connectivity index (χ2v) is 7.01.